The van der Waals surface area contributed by atoms with Gasteiger partial charge in [0, 0.05) is 32.2 Å². The Bertz CT molecular complexity index is 346. The highest BCUT2D eigenvalue weighted by Gasteiger charge is 2.17. The number of amides is 1. The maximum atomic E-state index is 11.9. The first-order chi connectivity index (χ1) is 8.25. The molecule has 2 rings (SSSR count). The zero-order valence-corrected chi connectivity index (χ0v) is 10.1. The third-order valence-electron chi connectivity index (χ3n) is 2.79. The van der Waals surface area contributed by atoms with Crippen molar-refractivity contribution in [1.29, 1.82) is 0 Å². The van der Waals surface area contributed by atoms with E-state index in [1.807, 2.05) is 22.9 Å². The molecule has 0 spiro atoms. The quantitative estimate of drug-likeness (QED) is 0.769. The molecule has 1 fully saturated rings. The van der Waals surface area contributed by atoms with Crippen LogP contribution >= 0.6 is 0 Å². The number of likely N-dealkylation sites (N-methyl/N-ethyl adjacent to an activating group) is 1. The van der Waals surface area contributed by atoms with E-state index in [9.17, 15) is 4.79 Å². The summed E-state index contributed by atoms with van der Waals surface area (Å²) in [4.78, 5) is 15.8. The number of hydrogen-bond donors (Lipinski definition) is 1. The van der Waals surface area contributed by atoms with Crippen LogP contribution in [0.1, 0.15) is 5.76 Å². The van der Waals surface area contributed by atoms with Crippen molar-refractivity contribution in [2.45, 2.75) is 6.54 Å². The molecular formula is C11H18N4O2. The Morgan fingerprint density at radius 2 is 2.35 bits per heavy atom. The lowest BCUT2D eigenvalue weighted by molar-refractivity contribution is -0.132. The molecule has 0 aliphatic carbocycles. The molecule has 1 saturated heterocycles. The highest BCUT2D eigenvalue weighted by atomic mass is 16.5. The van der Waals surface area contributed by atoms with Crippen molar-refractivity contribution in [3.63, 3.8) is 0 Å². The average molecular weight is 238 g/mol. The van der Waals surface area contributed by atoms with E-state index in [1.165, 1.54) is 0 Å². The van der Waals surface area contributed by atoms with Crippen molar-refractivity contribution in [2.75, 3.05) is 39.8 Å². The molecule has 0 unspecified atom stereocenters. The van der Waals surface area contributed by atoms with Gasteiger partial charge in [0.2, 0.25) is 5.91 Å². The summed E-state index contributed by atoms with van der Waals surface area (Å²) >= 11 is 0. The second kappa shape index (κ2) is 5.79. The second-order valence-electron chi connectivity index (χ2n) is 4.28. The molecule has 6 nitrogen and oxygen atoms in total. The van der Waals surface area contributed by atoms with Crippen LogP contribution in [0.2, 0.25) is 0 Å². The molecule has 94 valence electrons. The summed E-state index contributed by atoms with van der Waals surface area (Å²) in [6.07, 6.45) is 1.61. The van der Waals surface area contributed by atoms with Crippen LogP contribution < -0.4 is 5.32 Å². The Hall–Kier alpha value is -1.40. The lowest BCUT2D eigenvalue weighted by Gasteiger charge is -2.29. The van der Waals surface area contributed by atoms with Gasteiger partial charge in [-0.15, -0.1) is 0 Å². The molecule has 1 aromatic rings. The molecule has 2 heterocycles. The molecule has 1 aromatic heterocycles. The predicted octanol–water partition coefficient (Wildman–Crippen LogP) is -0.462. The van der Waals surface area contributed by atoms with E-state index in [-0.39, 0.29) is 5.91 Å². The second-order valence-corrected chi connectivity index (χ2v) is 4.28. The van der Waals surface area contributed by atoms with E-state index in [2.05, 4.69) is 10.5 Å². The van der Waals surface area contributed by atoms with Crippen molar-refractivity contribution in [3.05, 3.63) is 18.0 Å². The fourth-order valence-corrected chi connectivity index (χ4v) is 1.89. The van der Waals surface area contributed by atoms with Gasteiger partial charge in [-0.3, -0.25) is 9.69 Å². The largest absolute Gasteiger partial charge is 0.360 e. The van der Waals surface area contributed by atoms with Gasteiger partial charge in [0.15, 0.2) is 5.76 Å². The first-order valence-corrected chi connectivity index (χ1v) is 5.82. The summed E-state index contributed by atoms with van der Waals surface area (Å²) in [7, 11) is 1.91. The number of carbonyl (C=O) groups is 1. The van der Waals surface area contributed by atoms with E-state index in [1.54, 1.807) is 6.20 Å². The van der Waals surface area contributed by atoms with Gasteiger partial charge in [0.25, 0.3) is 0 Å². The van der Waals surface area contributed by atoms with Crippen molar-refractivity contribution in [1.82, 2.24) is 20.3 Å². The molecule has 0 bridgehead atoms. The monoisotopic (exact) mass is 238 g/mol. The van der Waals surface area contributed by atoms with Crippen LogP contribution in [0.4, 0.5) is 0 Å². The Kier molecular flexibility index (Phi) is 4.11. The molecule has 1 amide bonds. The van der Waals surface area contributed by atoms with Gasteiger partial charge in [-0.2, -0.15) is 0 Å². The summed E-state index contributed by atoms with van der Waals surface area (Å²) in [5.41, 5.74) is 0. The molecule has 0 aromatic carbocycles. The number of nitrogens with zero attached hydrogens (tertiary/aromatic N) is 3. The van der Waals surface area contributed by atoms with Crippen LogP contribution in [-0.2, 0) is 11.3 Å². The van der Waals surface area contributed by atoms with E-state index in [4.69, 9.17) is 4.52 Å². The Morgan fingerprint density at radius 1 is 1.59 bits per heavy atom. The normalized spacial score (nSPS) is 16.5. The topological polar surface area (TPSA) is 61.6 Å². The number of aromatic nitrogens is 1. The first-order valence-electron chi connectivity index (χ1n) is 5.82. The Labute approximate surface area is 101 Å². The number of nitrogens with one attached hydrogen (secondary N) is 1. The fraction of sp³-hybridized carbons (Fsp3) is 0.636. The fourth-order valence-electron chi connectivity index (χ4n) is 1.89. The van der Waals surface area contributed by atoms with E-state index >= 15 is 0 Å². The smallest absolute Gasteiger partial charge is 0.236 e. The van der Waals surface area contributed by atoms with Crippen molar-refractivity contribution in [2.24, 2.45) is 0 Å². The first kappa shape index (κ1) is 12.1. The molecule has 1 N–H and O–H groups in total. The summed E-state index contributed by atoms with van der Waals surface area (Å²) in [5, 5.41) is 6.87. The average Bonchev–Trinajstić information content (AvgIpc) is 2.82. The van der Waals surface area contributed by atoms with Gasteiger partial charge in [0.05, 0.1) is 19.3 Å². The number of piperazine rings is 1. The predicted molar refractivity (Wildman–Crippen MR) is 62.3 cm³/mol. The van der Waals surface area contributed by atoms with Crippen molar-refractivity contribution in [3.8, 4) is 0 Å². The van der Waals surface area contributed by atoms with Crippen LogP contribution in [0, 0.1) is 0 Å². The highest BCUT2D eigenvalue weighted by Crippen LogP contribution is 2.02. The van der Waals surface area contributed by atoms with E-state index < -0.39 is 0 Å². The van der Waals surface area contributed by atoms with Gasteiger partial charge in [-0.1, -0.05) is 5.16 Å². The molecule has 0 radical (unpaired) electrons. The molecule has 0 saturated carbocycles. The van der Waals surface area contributed by atoms with Crippen LogP contribution in [-0.4, -0.2) is 60.6 Å². The molecule has 17 heavy (non-hydrogen) atoms. The van der Waals surface area contributed by atoms with Crippen LogP contribution in [0.25, 0.3) is 0 Å². The molecule has 1 aliphatic heterocycles. The summed E-state index contributed by atoms with van der Waals surface area (Å²) in [5.74, 6) is 0.953. The number of hydrogen-bond acceptors (Lipinski definition) is 5. The van der Waals surface area contributed by atoms with Crippen LogP contribution in [0.3, 0.4) is 0 Å². The summed E-state index contributed by atoms with van der Waals surface area (Å²) in [6.45, 7) is 4.40. The van der Waals surface area contributed by atoms with E-state index in [0.29, 0.717) is 13.1 Å². The maximum Gasteiger partial charge on any atom is 0.236 e. The molecular weight excluding hydrogens is 220 g/mol. The molecule has 1 aliphatic rings. The number of carbonyl (C=O) groups excluding carboxylic acids is 1. The van der Waals surface area contributed by atoms with Gasteiger partial charge >= 0.3 is 0 Å². The minimum atomic E-state index is 0.175. The molecule has 6 heteroatoms. The maximum absolute atomic E-state index is 11.9. The Morgan fingerprint density at radius 3 is 3.00 bits per heavy atom. The van der Waals surface area contributed by atoms with E-state index in [0.717, 1.165) is 31.9 Å². The van der Waals surface area contributed by atoms with Gasteiger partial charge in [0.1, 0.15) is 0 Å². The van der Waals surface area contributed by atoms with Crippen molar-refractivity contribution >= 4 is 5.91 Å². The van der Waals surface area contributed by atoms with Gasteiger partial charge < -0.3 is 14.7 Å². The van der Waals surface area contributed by atoms with Gasteiger partial charge in [-0.25, -0.2) is 0 Å². The summed E-state index contributed by atoms with van der Waals surface area (Å²) < 4.78 is 5.00. The minimum Gasteiger partial charge on any atom is -0.360 e. The zero-order valence-electron chi connectivity index (χ0n) is 10.1. The summed E-state index contributed by atoms with van der Waals surface area (Å²) in [6, 6.07) is 1.81. The zero-order chi connectivity index (χ0) is 12.1. The minimum absolute atomic E-state index is 0.175. The third-order valence-corrected chi connectivity index (χ3v) is 2.79. The number of rotatable bonds is 4. The highest BCUT2D eigenvalue weighted by molar-refractivity contribution is 5.78. The third kappa shape index (κ3) is 3.54. The lowest BCUT2D eigenvalue weighted by atomic mass is 10.3. The lowest BCUT2D eigenvalue weighted by Crippen LogP contribution is -2.49. The Balaban J connectivity index is 1.77. The molecule has 0 atom stereocenters. The van der Waals surface area contributed by atoms with Crippen LogP contribution in [0.5, 0.6) is 0 Å². The van der Waals surface area contributed by atoms with Crippen molar-refractivity contribution < 1.29 is 9.32 Å². The standard InChI is InChI=1S/C11H18N4O2/c1-14(8-10-2-3-13-17-10)9-11(16)15-6-4-12-5-7-15/h2-3,12H,4-9H2,1H3. The van der Waals surface area contributed by atoms with Crippen LogP contribution in [0.15, 0.2) is 16.8 Å². The SMILES string of the molecule is CN(CC(=O)N1CCNCC1)Cc1ccno1. The van der Waals surface area contributed by atoms with Gasteiger partial charge in [-0.05, 0) is 7.05 Å².